The molecular weight excluding hydrogens is 280 g/mol. The van der Waals surface area contributed by atoms with Gasteiger partial charge >= 0.3 is 0 Å². The number of anilines is 1. The summed E-state index contributed by atoms with van der Waals surface area (Å²) in [4.78, 5) is 0.0429. The van der Waals surface area contributed by atoms with Gasteiger partial charge in [0.25, 0.3) is 0 Å². The number of unbranched alkanes of at least 4 members (excludes halogenated alkanes) is 3. The van der Waals surface area contributed by atoms with E-state index in [1.54, 1.807) is 4.68 Å². The van der Waals surface area contributed by atoms with Crippen LogP contribution < -0.4 is 10.5 Å². The molecule has 1 heterocycles. The molecule has 1 aromatic heterocycles. The number of aliphatic hydroxyl groups excluding tert-OH is 1. The van der Waals surface area contributed by atoms with Crippen LogP contribution in [0.25, 0.3) is 0 Å². The molecule has 0 spiro atoms. The van der Waals surface area contributed by atoms with Crippen molar-refractivity contribution in [1.82, 2.24) is 14.5 Å². The zero-order valence-electron chi connectivity index (χ0n) is 11.9. The van der Waals surface area contributed by atoms with E-state index in [1.807, 2.05) is 6.92 Å². The number of rotatable bonds is 10. The van der Waals surface area contributed by atoms with E-state index in [0.29, 0.717) is 13.1 Å². The highest BCUT2D eigenvalue weighted by atomic mass is 32.2. The number of aliphatic hydroxyl groups is 1. The Kier molecular flexibility index (Phi) is 6.97. The van der Waals surface area contributed by atoms with Crippen LogP contribution >= 0.6 is 0 Å². The number of aromatic nitrogens is 2. The lowest BCUT2D eigenvalue weighted by Crippen LogP contribution is -2.25. The summed E-state index contributed by atoms with van der Waals surface area (Å²) in [5, 5.41) is 12.6. The van der Waals surface area contributed by atoms with E-state index in [-0.39, 0.29) is 17.3 Å². The summed E-state index contributed by atoms with van der Waals surface area (Å²) >= 11 is 0. The molecule has 0 saturated heterocycles. The largest absolute Gasteiger partial charge is 0.396 e. The van der Waals surface area contributed by atoms with Crippen molar-refractivity contribution in [2.75, 3.05) is 18.9 Å². The molecule has 0 aromatic carbocycles. The lowest BCUT2D eigenvalue weighted by Gasteiger charge is -2.05. The highest BCUT2D eigenvalue weighted by Gasteiger charge is 2.20. The Labute approximate surface area is 120 Å². The summed E-state index contributed by atoms with van der Waals surface area (Å²) in [6, 6.07) is 0. The standard InChI is InChI=1S/C12H24N4O3S/c1-2-8-16-10-11(12(13)15-16)20(18,19)14-7-5-3-4-6-9-17/h10,14,17H,2-9H2,1H3,(H2,13,15). The average Bonchev–Trinajstić information content (AvgIpc) is 2.76. The molecule has 0 saturated carbocycles. The molecule has 0 atom stereocenters. The average molecular weight is 304 g/mol. The van der Waals surface area contributed by atoms with Crippen LogP contribution in [0.15, 0.2) is 11.1 Å². The Hall–Kier alpha value is -1.12. The van der Waals surface area contributed by atoms with Gasteiger partial charge < -0.3 is 10.8 Å². The quantitative estimate of drug-likeness (QED) is 0.551. The fourth-order valence-electron chi connectivity index (χ4n) is 1.84. The van der Waals surface area contributed by atoms with Crippen molar-refractivity contribution in [3.8, 4) is 0 Å². The summed E-state index contributed by atoms with van der Waals surface area (Å²) in [6.45, 7) is 3.17. The molecule has 0 radical (unpaired) electrons. The fourth-order valence-corrected chi connectivity index (χ4v) is 2.99. The first-order chi connectivity index (χ1) is 9.51. The highest BCUT2D eigenvalue weighted by molar-refractivity contribution is 7.89. The zero-order chi connectivity index (χ0) is 15.0. The molecule has 0 aliphatic heterocycles. The summed E-state index contributed by atoms with van der Waals surface area (Å²) in [5.41, 5.74) is 5.65. The fraction of sp³-hybridized carbons (Fsp3) is 0.750. The number of nitrogen functional groups attached to an aromatic ring is 1. The molecule has 0 aliphatic rings. The third-order valence-electron chi connectivity index (χ3n) is 2.87. The van der Waals surface area contributed by atoms with Crippen LogP contribution in [0.2, 0.25) is 0 Å². The van der Waals surface area contributed by atoms with Gasteiger partial charge in [-0.3, -0.25) is 4.68 Å². The third-order valence-corrected chi connectivity index (χ3v) is 4.35. The van der Waals surface area contributed by atoms with Crippen molar-refractivity contribution in [3.63, 3.8) is 0 Å². The normalized spacial score (nSPS) is 11.9. The summed E-state index contributed by atoms with van der Waals surface area (Å²) < 4.78 is 28.2. The second-order valence-corrected chi connectivity index (χ2v) is 6.41. The highest BCUT2D eigenvalue weighted by Crippen LogP contribution is 2.16. The predicted molar refractivity (Wildman–Crippen MR) is 77.7 cm³/mol. The maximum atomic E-state index is 12.1. The van der Waals surface area contributed by atoms with Gasteiger partial charge in [-0.15, -0.1) is 0 Å². The molecule has 116 valence electrons. The minimum atomic E-state index is -3.59. The van der Waals surface area contributed by atoms with E-state index in [0.717, 1.165) is 32.1 Å². The van der Waals surface area contributed by atoms with Crippen molar-refractivity contribution in [2.24, 2.45) is 0 Å². The molecule has 0 amide bonds. The molecule has 0 fully saturated rings. The van der Waals surface area contributed by atoms with Gasteiger partial charge in [-0.25, -0.2) is 13.1 Å². The van der Waals surface area contributed by atoms with Gasteiger partial charge in [0.15, 0.2) is 5.82 Å². The number of aryl methyl sites for hydroxylation is 1. The smallest absolute Gasteiger partial charge is 0.245 e. The van der Waals surface area contributed by atoms with E-state index in [4.69, 9.17) is 10.8 Å². The molecule has 1 rings (SSSR count). The van der Waals surface area contributed by atoms with Crippen LogP contribution in [0, 0.1) is 0 Å². The predicted octanol–water partition coefficient (Wildman–Crippen LogP) is 0.706. The number of sulfonamides is 1. The Morgan fingerprint density at radius 3 is 2.70 bits per heavy atom. The molecule has 8 heteroatoms. The van der Waals surface area contributed by atoms with Crippen molar-refractivity contribution in [2.45, 2.75) is 50.5 Å². The van der Waals surface area contributed by atoms with Gasteiger partial charge in [0.05, 0.1) is 0 Å². The molecule has 0 unspecified atom stereocenters. The van der Waals surface area contributed by atoms with E-state index >= 15 is 0 Å². The van der Waals surface area contributed by atoms with Crippen LogP contribution in [-0.4, -0.2) is 36.5 Å². The minimum absolute atomic E-state index is 0.0335. The first kappa shape index (κ1) is 16.9. The summed E-state index contributed by atoms with van der Waals surface area (Å²) in [6.07, 6.45) is 5.60. The molecule has 4 N–H and O–H groups in total. The second kappa shape index (κ2) is 8.23. The van der Waals surface area contributed by atoms with Gasteiger partial charge in [0, 0.05) is 25.9 Å². The number of hydrogen-bond acceptors (Lipinski definition) is 5. The van der Waals surface area contributed by atoms with Gasteiger partial charge in [-0.05, 0) is 19.3 Å². The first-order valence-electron chi connectivity index (χ1n) is 6.94. The maximum absolute atomic E-state index is 12.1. The lowest BCUT2D eigenvalue weighted by molar-refractivity contribution is 0.282. The maximum Gasteiger partial charge on any atom is 0.245 e. The lowest BCUT2D eigenvalue weighted by atomic mass is 10.2. The third kappa shape index (κ3) is 5.10. The number of nitrogens with one attached hydrogen (secondary N) is 1. The second-order valence-electron chi connectivity index (χ2n) is 4.68. The van der Waals surface area contributed by atoms with Crippen LogP contribution in [0.4, 0.5) is 5.82 Å². The molecule has 0 aliphatic carbocycles. The number of hydrogen-bond donors (Lipinski definition) is 3. The Bertz CT molecular complexity index is 499. The van der Waals surface area contributed by atoms with E-state index < -0.39 is 10.0 Å². The van der Waals surface area contributed by atoms with Gasteiger partial charge in [0.2, 0.25) is 10.0 Å². The Balaban J connectivity index is 2.51. The van der Waals surface area contributed by atoms with Crippen molar-refractivity contribution >= 4 is 15.8 Å². The van der Waals surface area contributed by atoms with Gasteiger partial charge in [-0.1, -0.05) is 19.8 Å². The van der Waals surface area contributed by atoms with Crippen molar-refractivity contribution < 1.29 is 13.5 Å². The van der Waals surface area contributed by atoms with Crippen LogP contribution in [0.3, 0.4) is 0 Å². The Morgan fingerprint density at radius 1 is 1.35 bits per heavy atom. The van der Waals surface area contributed by atoms with E-state index in [9.17, 15) is 8.42 Å². The summed E-state index contributed by atoms with van der Waals surface area (Å²) in [7, 11) is -3.59. The van der Waals surface area contributed by atoms with Crippen LogP contribution in [-0.2, 0) is 16.6 Å². The molecule has 0 bridgehead atoms. The van der Waals surface area contributed by atoms with E-state index in [1.165, 1.54) is 6.20 Å². The molecule has 20 heavy (non-hydrogen) atoms. The zero-order valence-corrected chi connectivity index (χ0v) is 12.7. The molecular formula is C12H24N4O3S. The van der Waals surface area contributed by atoms with Crippen molar-refractivity contribution in [3.05, 3.63) is 6.20 Å². The SMILES string of the molecule is CCCn1cc(S(=O)(=O)NCCCCCCO)c(N)n1. The Morgan fingerprint density at radius 2 is 2.05 bits per heavy atom. The first-order valence-corrected chi connectivity index (χ1v) is 8.43. The number of nitrogens with zero attached hydrogens (tertiary/aromatic N) is 2. The van der Waals surface area contributed by atoms with Gasteiger partial charge in [-0.2, -0.15) is 5.10 Å². The topological polar surface area (TPSA) is 110 Å². The van der Waals surface area contributed by atoms with Crippen LogP contribution in [0.1, 0.15) is 39.0 Å². The van der Waals surface area contributed by atoms with E-state index in [2.05, 4.69) is 9.82 Å². The van der Waals surface area contributed by atoms with Gasteiger partial charge in [0.1, 0.15) is 4.90 Å². The molecule has 7 nitrogen and oxygen atoms in total. The monoisotopic (exact) mass is 304 g/mol. The number of nitrogens with two attached hydrogens (primary N) is 1. The molecule has 1 aromatic rings. The van der Waals surface area contributed by atoms with Crippen molar-refractivity contribution in [1.29, 1.82) is 0 Å². The van der Waals surface area contributed by atoms with Crippen LogP contribution in [0.5, 0.6) is 0 Å². The minimum Gasteiger partial charge on any atom is -0.396 e. The summed E-state index contributed by atoms with van der Waals surface area (Å²) in [5.74, 6) is 0.0335.